The van der Waals surface area contributed by atoms with Crippen LogP contribution in [0.15, 0.2) is 85.1 Å². The van der Waals surface area contributed by atoms with Crippen molar-refractivity contribution in [1.29, 1.82) is 0 Å². The largest absolute Gasteiger partial charge is 0.509 e. The van der Waals surface area contributed by atoms with Gasteiger partial charge in [0, 0.05) is 20.6 Å². The van der Waals surface area contributed by atoms with Crippen LogP contribution in [0.4, 0.5) is 9.59 Å². The lowest BCUT2D eigenvalue weighted by molar-refractivity contribution is -0.143. The Bertz CT molecular complexity index is 1600. The molecule has 0 N–H and O–H groups in total. The Morgan fingerprint density at radius 3 is 1.58 bits per heavy atom. The van der Waals surface area contributed by atoms with E-state index < -0.39 is 32.1 Å². The highest BCUT2D eigenvalue weighted by atomic mass is 31.2. The van der Waals surface area contributed by atoms with Crippen molar-refractivity contribution in [3.8, 4) is 0 Å². The van der Waals surface area contributed by atoms with E-state index in [1.807, 2.05) is 42.5 Å². The van der Waals surface area contributed by atoms with E-state index in [2.05, 4.69) is 51.2 Å². The molecule has 4 fully saturated rings. The van der Waals surface area contributed by atoms with Gasteiger partial charge in [0.2, 0.25) is 0 Å². The Hall–Kier alpha value is -3.99. The Kier molecular flexibility index (Phi) is 31.0. The fourth-order valence-electron chi connectivity index (χ4n) is 7.45. The molecule has 0 radical (unpaired) electrons. The number of allylic oxidation sites excluding steroid dienone is 12. The Morgan fingerprint density at radius 2 is 1.11 bits per heavy atom. The summed E-state index contributed by atoms with van der Waals surface area (Å²) in [5, 5.41) is 0. The maximum Gasteiger partial charge on any atom is 0.509 e. The lowest BCUT2D eigenvalue weighted by Crippen LogP contribution is -2.20. The van der Waals surface area contributed by atoms with E-state index >= 15 is 0 Å². The second kappa shape index (κ2) is 35.2. The summed E-state index contributed by atoms with van der Waals surface area (Å²) in [4.78, 5) is 43.8. The molecule has 2 aliphatic carbocycles. The zero-order valence-corrected chi connectivity index (χ0v) is 41.2. The first-order chi connectivity index (χ1) is 31.6. The molecule has 366 valence electrons. The number of hydrogen-bond donors (Lipinski definition) is 0. The number of aldehydes is 1. The smallest absolute Gasteiger partial charge is 0.466 e. The van der Waals surface area contributed by atoms with Gasteiger partial charge in [-0.3, -0.25) is 14.2 Å². The fourth-order valence-corrected chi connectivity index (χ4v) is 8.27. The summed E-state index contributed by atoms with van der Waals surface area (Å²) >= 11 is 0. The van der Waals surface area contributed by atoms with Crippen LogP contribution < -0.4 is 0 Å². The second-order valence-corrected chi connectivity index (χ2v) is 19.2. The molecule has 6 atom stereocenters. The number of unbranched alkanes of at least 4 members (excludes halogenated alkanes) is 5. The predicted molar refractivity (Wildman–Crippen MR) is 258 cm³/mol. The van der Waals surface area contributed by atoms with Gasteiger partial charge in [-0.05, 0) is 113 Å². The quantitative estimate of drug-likeness (QED) is 0.0124. The summed E-state index contributed by atoms with van der Waals surface area (Å²) in [5.74, 6) is 3.04. The van der Waals surface area contributed by atoms with Crippen molar-refractivity contribution < 1.29 is 56.5 Å². The molecular weight excluding hydrogens is 848 g/mol. The Labute approximate surface area is 390 Å². The Balaban J connectivity index is 0.000000365. The molecule has 2 heterocycles. The highest BCUT2D eigenvalue weighted by Crippen LogP contribution is 2.46. The monoisotopic (exact) mass is 929 g/mol. The van der Waals surface area contributed by atoms with Crippen LogP contribution in [0.25, 0.3) is 0 Å². The summed E-state index contributed by atoms with van der Waals surface area (Å²) in [5.41, 5.74) is 0. The minimum atomic E-state index is -2.89. The SMILES string of the molecule is CCCCCC(/C=C/C=C\C=C\C=C\[C@H]1OC(=O)O[C@H]1CCCC(=O)OCC)C1CC1.CCCCCC(/C=C/C=C\CP(=O)(OC)OC)C1CC1.CCCC[C@@H]1OC(=O)O[C@@H]1/C=C/C=O. The summed E-state index contributed by atoms with van der Waals surface area (Å²) < 4.78 is 46.7. The van der Waals surface area contributed by atoms with E-state index in [9.17, 15) is 23.7 Å². The molecule has 0 amide bonds. The molecule has 0 aromatic rings. The zero-order chi connectivity index (χ0) is 47.5. The van der Waals surface area contributed by atoms with Gasteiger partial charge in [-0.15, -0.1) is 0 Å². The fraction of sp³-hybridized carbons (Fsp3) is 0.654. The zero-order valence-electron chi connectivity index (χ0n) is 40.3. The average Bonchev–Trinajstić information content (AvgIpc) is 4.25. The van der Waals surface area contributed by atoms with Gasteiger partial charge in [-0.2, -0.15) is 0 Å². The molecule has 2 aliphatic heterocycles. The highest BCUT2D eigenvalue weighted by molar-refractivity contribution is 7.54. The average molecular weight is 929 g/mol. The van der Waals surface area contributed by atoms with Crippen molar-refractivity contribution in [3.63, 3.8) is 0 Å². The molecule has 0 spiro atoms. The van der Waals surface area contributed by atoms with E-state index in [0.29, 0.717) is 38.3 Å². The third-order valence-electron chi connectivity index (χ3n) is 11.5. The van der Waals surface area contributed by atoms with Gasteiger partial charge >= 0.3 is 25.9 Å². The third kappa shape index (κ3) is 26.7. The summed E-state index contributed by atoms with van der Waals surface area (Å²) in [6.07, 6.45) is 45.8. The van der Waals surface area contributed by atoms with E-state index in [4.69, 9.17) is 32.7 Å². The van der Waals surface area contributed by atoms with Crippen molar-refractivity contribution >= 4 is 32.2 Å². The number of rotatable bonds is 31. The van der Waals surface area contributed by atoms with E-state index in [1.54, 1.807) is 13.0 Å². The van der Waals surface area contributed by atoms with Crippen LogP contribution in [0.5, 0.6) is 0 Å². The molecule has 65 heavy (non-hydrogen) atoms. The summed E-state index contributed by atoms with van der Waals surface area (Å²) in [7, 11) is -0.0513. The molecule has 4 rings (SSSR count). The molecule has 12 nitrogen and oxygen atoms in total. The molecule has 13 heteroatoms. The number of esters is 1. The van der Waals surface area contributed by atoms with Crippen LogP contribution in [0.2, 0.25) is 0 Å². The topological polar surface area (TPSA) is 150 Å². The van der Waals surface area contributed by atoms with Crippen molar-refractivity contribution in [2.45, 2.75) is 168 Å². The number of hydrogen-bond acceptors (Lipinski definition) is 12. The Morgan fingerprint density at radius 1 is 0.631 bits per heavy atom. The first kappa shape index (κ1) is 57.1. The first-order valence-corrected chi connectivity index (χ1v) is 26.0. The van der Waals surface area contributed by atoms with Crippen LogP contribution in [-0.4, -0.2) is 76.0 Å². The summed E-state index contributed by atoms with van der Waals surface area (Å²) in [6.45, 7) is 8.72. The summed E-state index contributed by atoms with van der Waals surface area (Å²) in [6, 6.07) is 0. The predicted octanol–water partition coefficient (Wildman–Crippen LogP) is 13.5. The number of carbonyl (C=O) groups is 4. The number of ether oxygens (including phenoxy) is 5. The van der Waals surface area contributed by atoms with Gasteiger partial charge in [-0.25, -0.2) is 9.59 Å². The molecule has 2 saturated carbocycles. The van der Waals surface area contributed by atoms with Gasteiger partial charge < -0.3 is 32.7 Å². The normalized spacial score (nSPS) is 22.0. The van der Waals surface area contributed by atoms with Crippen LogP contribution in [0.3, 0.4) is 0 Å². The number of carbonyl (C=O) groups excluding carboxylic acids is 4. The van der Waals surface area contributed by atoms with Crippen LogP contribution in [0, 0.1) is 23.7 Å². The maximum absolute atomic E-state index is 11.8. The van der Waals surface area contributed by atoms with Crippen molar-refractivity contribution in [2.24, 2.45) is 23.7 Å². The first-order valence-electron chi connectivity index (χ1n) is 24.3. The van der Waals surface area contributed by atoms with Crippen molar-refractivity contribution in [1.82, 2.24) is 0 Å². The van der Waals surface area contributed by atoms with Gasteiger partial charge in [0.05, 0.1) is 12.8 Å². The second-order valence-electron chi connectivity index (χ2n) is 16.8. The van der Waals surface area contributed by atoms with E-state index in [0.717, 1.165) is 42.9 Å². The molecule has 0 aromatic heterocycles. The van der Waals surface area contributed by atoms with Gasteiger partial charge in [0.1, 0.15) is 18.5 Å². The third-order valence-corrected chi connectivity index (χ3v) is 13.3. The molecule has 0 aromatic carbocycles. The van der Waals surface area contributed by atoms with Crippen molar-refractivity contribution in [3.05, 3.63) is 85.1 Å². The molecule has 0 bridgehead atoms. The van der Waals surface area contributed by atoms with E-state index in [-0.39, 0.29) is 18.2 Å². The van der Waals surface area contributed by atoms with Crippen LogP contribution in [0.1, 0.15) is 143 Å². The van der Waals surface area contributed by atoms with Crippen LogP contribution >= 0.6 is 7.60 Å². The molecule has 2 saturated heterocycles. The number of cyclic esters (lactones) is 4. The lowest BCUT2D eigenvalue weighted by atomic mass is 9.96. The minimum Gasteiger partial charge on any atom is -0.466 e. The van der Waals surface area contributed by atoms with Gasteiger partial charge in [-0.1, -0.05) is 133 Å². The van der Waals surface area contributed by atoms with Crippen LogP contribution in [-0.2, 0) is 46.9 Å². The van der Waals surface area contributed by atoms with Gasteiger partial charge in [0.25, 0.3) is 0 Å². The standard InChI is InChI=1S/C26H38O5.C16H29O3P.C10H14O4/c1-3-5-10-14-21(22-19-20-22)15-11-8-6-7-9-12-16-23-24(31-26(28)30-23)17-13-18-25(27)29-4-2;1-4-5-7-10-15(16-12-13-16)11-8-6-9-14-20(17,18-2)19-3;1-2-3-5-8-9(6-4-7-11)14-10(12)13-8/h6-9,11-12,15-16,21-24H,3-5,10,13-14,17-20H2,1-2H3;6,8-9,11,15-16H,4-5,7,10,12-14H2,1-3H3;4,6-9H,2-3,5H2,1H3/b8-6-,9-7+,15-11+,16-12+;9-6-,11-8+;6-4+/t21?,23-,24+;;8-,9+/m1.0/s1. The van der Waals surface area contributed by atoms with Gasteiger partial charge in [0.15, 0.2) is 12.2 Å². The molecule has 2 unspecified atom stereocenters. The minimum absolute atomic E-state index is 0.229. The molecule has 4 aliphatic rings. The lowest BCUT2D eigenvalue weighted by Gasteiger charge is -2.11. The maximum atomic E-state index is 11.8. The highest BCUT2D eigenvalue weighted by Gasteiger charge is 2.35. The van der Waals surface area contributed by atoms with E-state index in [1.165, 1.54) is 97.3 Å². The molecular formula is C52H81O12P. The van der Waals surface area contributed by atoms with Crippen molar-refractivity contribution in [2.75, 3.05) is 27.0 Å².